The van der Waals surface area contributed by atoms with Crippen molar-refractivity contribution in [3.8, 4) is 0 Å². The molecule has 1 saturated heterocycles. The number of alkyl halides is 3. The van der Waals surface area contributed by atoms with E-state index in [0.717, 1.165) is 4.31 Å². The fourth-order valence-electron chi connectivity index (χ4n) is 2.18. The number of halogens is 3. The largest absolute Gasteiger partial charge is 0.402 e. The van der Waals surface area contributed by atoms with Crippen LogP contribution in [0.25, 0.3) is 0 Å². The lowest BCUT2D eigenvalue weighted by Gasteiger charge is -2.36. The Bertz CT molecular complexity index is 404. The van der Waals surface area contributed by atoms with Crippen molar-refractivity contribution in [3.63, 3.8) is 0 Å². The molecule has 0 aromatic carbocycles. The number of aliphatic hydroxyl groups excluding tert-OH is 1. The minimum atomic E-state index is -4.57. The summed E-state index contributed by atoms with van der Waals surface area (Å²) < 4.78 is 63.7. The van der Waals surface area contributed by atoms with Gasteiger partial charge in [-0.05, 0) is 32.6 Å². The first-order chi connectivity index (χ1) is 9.08. The van der Waals surface area contributed by atoms with E-state index in [1.54, 1.807) is 0 Å². The number of hydrogen-bond donors (Lipinski definition) is 1. The lowest BCUT2D eigenvalue weighted by Crippen LogP contribution is -2.52. The Labute approximate surface area is 117 Å². The first-order valence-corrected chi connectivity index (χ1v) is 7.92. The molecule has 0 atom stereocenters. The number of nitrogens with zero attached hydrogens (tertiary/aromatic N) is 2. The summed E-state index contributed by atoms with van der Waals surface area (Å²) in [5, 5.41) is 9.00. The lowest BCUT2D eigenvalue weighted by atomic mass is 10.00. The summed E-state index contributed by atoms with van der Waals surface area (Å²) >= 11 is 0. The SMILES string of the molecule is CC(C)N(CC(F)(F)F)S(=O)(=O)N1CCC(CO)CC1. The Balaban J connectivity index is 2.84. The molecule has 1 rings (SSSR count). The monoisotopic (exact) mass is 318 g/mol. The van der Waals surface area contributed by atoms with E-state index in [1.807, 2.05) is 0 Å². The van der Waals surface area contributed by atoms with Crippen molar-refractivity contribution in [3.05, 3.63) is 0 Å². The second kappa shape index (κ2) is 6.59. The minimum absolute atomic E-state index is 0.0235. The zero-order valence-electron chi connectivity index (χ0n) is 11.6. The summed E-state index contributed by atoms with van der Waals surface area (Å²) in [6.45, 7) is 1.63. The summed E-state index contributed by atoms with van der Waals surface area (Å²) in [6, 6.07) is -0.766. The van der Waals surface area contributed by atoms with Crippen LogP contribution in [0.1, 0.15) is 26.7 Å². The Morgan fingerprint density at radius 3 is 2.15 bits per heavy atom. The van der Waals surface area contributed by atoms with Crippen LogP contribution >= 0.6 is 0 Å². The van der Waals surface area contributed by atoms with Crippen LogP contribution in [0.5, 0.6) is 0 Å². The molecule has 1 fully saturated rings. The van der Waals surface area contributed by atoms with Crippen molar-refractivity contribution in [1.29, 1.82) is 0 Å². The zero-order valence-corrected chi connectivity index (χ0v) is 12.4. The van der Waals surface area contributed by atoms with Crippen LogP contribution in [0.4, 0.5) is 13.2 Å². The molecule has 5 nitrogen and oxygen atoms in total. The fraction of sp³-hybridized carbons (Fsp3) is 1.00. The van der Waals surface area contributed by atoms with E-state index in [1.165, 1.54) is 13.8 Å². The second-order valence-electron chi connectivity index (χ2n) is 5.29. The van der Waals surface area contributed by atoms with E-state index in [4.69, 9.17) is 5.11 Å². The van der Waals surface area contributed by atoms with Gasteiger partial charge in [-0.3, -0.25) is 0 Å². The first-order valence-electron chi connectivity index (χ1n) is 6.52. The van der Waals surface area contributed by atoms with Gasteiger partial charge in [0.05, 0.1) is 0 Å². The molecule has 9 heteroatoms. The molecule has 0 aromatic heterocycles. The maximum absolute atomic E-state index is 12.5. The predicted molar refractivity (Wildman–Crippen MR) is 68.2 cm³/mol. The quantitative estimate of drug-likeness (QED) is 0.829. The fourth-order valence-corrected chi connectivity index (χ4v) is 3.99. The molecule has 0 bridgehead atoms. The van der Waals surface area contributed by atoms with Crippen molar-refractivity contribution >= 4 is 10.2 Å². The van der Waals surface area contributed by atoms with Gasteiger partial charge in [0.25, 0.3) is 10.2 Å². The molecule has 1 heterocycles. The van der Waals surface area contributed by atoms with E-state index in [0.29, 0.717) is 17.1 Å². The predicted octanol–water partition coefficient (Wildman–Crippen LogP) is 1.21. The molecule has 0 aromatic rings. The van der Waals surface area contributed by atoms with Gasteiger partial charge in [0, 0.05) is 25.7 Å². The van der Waals surface area contributed by atoms with E-state index in [-0.39, 0.29) is 25.6 Å². The molecule has 0 spiro atoms. The van der Waals surface area contributed by atoms with Gasteiger partial charge in [-0.15, -0.1) is 0 Å². The molecule has 1 aliphatic heterocycles. The van der Waals surface area contributed by atoms with Gasteiger partial charge in [0.15, 0.2) is 0 Å². The van der Waals surface area contributed by atoms with Gasteiger partial charge in [0.2, 0.25) is 0 Å². The highest BCUT2D eigenvalue weighted by Crippen LogP contribution is 2.25. The maximum Gasteiger partial charge on any atom is 0.402 e. The van der Waals surface area contributed by atoms with E-state index in [2.05, 4.69) is 0 Å². The maximum atomic E-state index is 12.5. The average molecular weight is 318 g/mol. The standard InChI is InChI=1S/C11H21F3N2O3S/c1-9(2)16(8-11(12,13)14)20(18,19)15-5-3-10(7-17)4-6-15/h9-10,17H,3-8H2,1-2H3. The van der Waals surface area contributed by atoms with Crippen molar-refractivity contribution in [2.75, 3.05) is 26.2 Å². The number of piperidine rings is 1. The molecule has 0 radical (unpaired) electrons. The highest BCUT2D eigenvalue weighted by molar-refractivity contribution is 7.86. The third-order valence-corrected chi connectivity index (χ3v) is 5.53. The lowest BCUT2D eigenvalue weighted by molar-refractivity contribution is -0.139. The molecule has 1 aliphatic rings. The van der Waals surface area contributed by atoms with Gasteiger partial charge >= 0.3 is 6.18 Å². The van der Waals surface area contributed by atoms with Crippen molar-refractivity contribution in [2.45, 2.75) is 38.9 Å². The normalized spacial score (nSPS) is 20.0. The molecule has 20 heavy (non-hydrogen) atoms. The summed E-state index contributed by atoms with van der Waals surface area (Å²) in [6.07, 6.45) is -3.64. The summed E-state index contributed by atoms with van der Waals surface area (Å²) in [4.78, 5) is 0. The molecule has 0 aliphatic carbocycles. The van der Waals surface area contributed by atoms with Gasteiger partial charge in [-0.2, -0.15) is 30.2 Å². The van der Waals surface area contributed by atoms with Gasteiger partial charge < -0.3 is 5.11 Å². The highest BCUT2D eigenvalue weighted by Gasteiger charge is 2.41. The van der Waals surface area contributed by atoms with Crippen LogP contribution in [0, 0.1) is 5.92 Å². The molecule has 0 unspecified atom stereocenters. The van der Waals surface area contributed by atoms with E-state index < -0.39 is 29.0 Å². The van der Waals surface area contributed by atoms with Crippen LogP contribution in [0.15, 0.2) is 0 Å². The van der Waals surface area contributed by atoms with Gasteiger partial charge in [0.1, 0.15) is 6.54 Å². The zero-order chi connectivity index (χ0) is 15.6. The Morgan fingerprint density at radius 2 is 1.80 bits per heavy atom. The third kappa shape index (κ3) is 4.57. The second-order valence-corrected chi connectivity index (χ2v) is 7.17. The van der Waals surface area contributed by atoms with Gasteiger partial charge in [-0.1, -0.05) is 0 Å². The van der Waals surface area contributed by atoms with Crippen LogP contribution in [0.3, 0.4) is 0 Å². The van der Waals surface area contributed by atoms with Gasteiger partial charge in [-0.25, -0.2) is 0 Å². The Morgan fingerprint density at radius 1 is 1.30 bits per heavy atom. The summed E-state index contributed by atoms with van der Waals surface area (Å²) in [5.41, 5.74) is 0. The molecule has 0 saturated carbocycles. The van der Waals surface area contributed by atoms with Crippen LogP contribution < -0.4 is 0 Å². The van der Waals surface area contributed by atoms with Crippen molar-refractivity contribution in [1.82, 2.24) is 8.61 Å². The topological polar surface area (TPSA) is 60.9 Å². The van der Waals surface area contributed by atoms with Crippen molar-refractivity contribution < 1.29 is 26.7 Å². The average Bonchev–Trinajstić information content (AvgIpc) is 2.34. The summed E-state index contributed by atoms with van der Waals surface area (Å²) in [7, 11) is -4.12. The van der Waals surface area contributed by atoms with Crippen molar-refractivity contribution in [2.24, 2.45) is 5.92 Å². The molecule has 1 N–H and O–H groups in total. The Hall–Kier alpha value is -0.380. The van der Waals surface area contributed by atoms with Crippen LogP contribution in [-0.4, -0.2) is 60.6 Å². The van der Waals surface area contributed by atoms with E-state index >= 15 is 0 Å². The van der Waals surface area contributed by atoms with Crippen LogP contribution in [-0.2, 0) is 10.2 Å². The highest BCUT2D eigenvalue weighted by atomic mass is 32.2. The number of aliphatic hydroxyl groups is 1. The molecule has 120 valence electrons. The third-order valence-electron chi connectivity index (χ3n) is 3.37. The van der Waals surface area contributed by atoms with E-state index in [9.17, 15) is 21.6 Å². The van der Waals surface area contributed by atoms with Crippen LogP contribution in [0.2, 0.25) is 0 Å². The Kier molecular flexibility index (Phi) is 5.82. The first kappa shape index (κ1) is 17.7. The molecular weight excluding hydrogens is 297 g/mol. The summed E-state index contributed by atoms with van der Waals surface area (Å²) in [5.74, 6) is 0.0246. The molecule has 0 amide bonds. The minimum Gasteiger partial charge on any atom is -0.396 e. The molecular formula is C11H21F3N2O3S. The number of rotatable bonds is 5. The smallest absolute Gasteiger partial charge is 0.396 e. The number of hydrogen-bond acceptors (Lipinski definition) is 3.